The topological polar surface area (TPSA) is 82.5 Å². The predicted octanol–water partition coefficient (Wildman–Crippen LogP) is 2.96. The van der Waals surface area contributed by atoms with E-state index in [1.165, 1.54) is 7.05 Å². The largest absolute Gasteiger partial charge is 0.354 e. The third-order valence-corrected chi connectivity index (χ3v) is 5.90. The first kappa shape index (κ1) is 20.1. The standard InChI is InChI=1S/C24H22FN5O2/c1-26-23(31)18-6-5-17(22(25)27-18)16-8-11-29(12-9-16)14-15-4-7-20-19(13-15)28-24(32)21-3-2-10-30(20)21/h2-8,10,13H,9,11-12,14H2,1H3,(H,26,31)(H,28,32). The second-order valence-electron chi connectivity index (χ2n) is 7.90. The Labute approximate surface area is 183 Å². The number of hydrogen-bond donors (Lipinski definition) is 2. The Morgan fingerprint density at radius 3 is 2.84 bits per heavy atom. The fourth-order valence-corrected chi connectivity index (χ4v) is 4.24. The van der Waals surface area contributed by atoms with Gasteiger partial charge in [-0.2, -0.15) is 4.39 Å². The number of hydrogen-bond acceptors (Lipinski definition) is 4. The second-order valence-corrected chi connectivity index (χ2v) is 7.90. The van der Waals surface area contributed by atoms with Gasteiger partial charge in [-0.1, -0.05) is 12.1 Å². The van der Waals surface area contributed by atoms with Crippen LogP contribution in [-0.2, 0) is 6.54 Å². The number of aromatic amines is 1. The van der Waals surface area contributed by atoms with E-state index < -0.39 is 11.9 Å². The number of rotatable bonds is 4. The molecule has 1 aromatic carbocycles. The Balaban J connectivity index is 1.33. The molecule has 0 unspecified atom stereocenters. The lowest BCUT2D eigenvalue weighted by Gasteiger charge is -2.26. The first-order chi connectivity index (χ1) is 15.5. The number of halogens is 1. The molecule has 4 aromatic rings. The van der Waals surface area contributed by atoms with Crippen molar-refractivity contribution in [2.24, 2.45) is 0 Å². The van der Waals surface area contributed by atoms with Crippen molar-refractivity contribution in [2.75, 3.05) is 20.1 Å². The maximum absolute atomic E-state index is 14.5. The molecule has 1 amide bonds. The van der Waals surface area contributed by atoms with E-state index in [4.69, 9.17) is 0 Å². The molecular formula is C24H22FN5O2. The molecule has 0 aliphatic carbocycles. The van der Waals surface area contributed by atoms with Gasteiger partial charge >= 0.3 is 0 Å². The van der Waals surface area contributed by atoms with E-state index in [-0.39, 0.29) is 11.3 Å². The van der Waals surface area contributed by atoms with Crippen molar-refractivity contribution in [1.29, 1.82) is 0 Å². The third kappa shape index (κ3) is 3.58. The Morgan fingerprint density at radius 1 is 1.22 bits per heavy atom. The highest BCUT2D eigenvalue weighted by Gasteiger charge is 2.18. The summed E-state index contributed by atoms with van der Waals surface area (Å²) < 4.78 is 16.4. The fourth-order valence-electron chi connectivity index (χ4n) is 4.24. The maximum atomic E-state index is 14.5. The molecule has 5 rings (SSSR count). The van der Waals surface area contributed by atoms with E-state index in [2.05, 4.69) is 26.3 Å². The average molecular weight is 431 g/mol. The lowest BCUT2D eigenvalue weighted by Crippen LogP contribution is -2.28. The number of nitrogens with one attached hydrogen (secondary N) is 2. The molecule has 4 heterocycles. The van der Waals surface area contributed by atoms with E-state index in [0.29, 0.717) is 24.0 Å². The Bertz CT molecular complexity index is 1440. The number of amides is 1. The lowest BCUT2D eigenvalue weighted by atomic mass is 10.00. The zero-order chi connectivity index (χ0) is 22.2. The van der Waals surface area contributed by atoms with Crippen LogP contribution < -0.4 is 10.9 Å². The molecule has 0 fully saturated rings. The molecule has 7 nitrogen and oxygen atoms in total. The number of nitrogens with zero attached hydrogens (tertiary/aromatic N) is 3. The van der Waals surface area contributed by atoms with Crippen LogP contribution in [0.2, 0.25) is 0 Å². The van der Waals surface area contributed by atoms with E-state index in [0.717, 1.165) is 35.3 Å². The minimum Gasteiger partial charge on any atom is -0.354 e. The highest BCUT2D eigenvalue weighted by atomic mass is 19.1. The van der Waals surface area contributed by atoms with E-state index in [9.17, 15) is 14.0 Å². The average Bonchev–Trinajstić information content (AvgIpc) is 3.30. The molecule has 0 saturated heterocycles. The highest BCUT2D eigenvalue weighted by Crippen LogP contribution is 2.25. The van der Waals surface area contributed by atoms with Crippen LogP contribution in [0.15, 0.2) is 59.5 Å². The van der Waals surface area contributed by atoms with Gasteiger partial charge < -0.3 is 14.7 Å². The molecule has 0 bridgehead atoms. The van der Waals surface area contributed by atoms with E-state index >= 15 is 0 Å². The van der Waals surface area contributed by atoms with Crippen LogP contribution in [0.5, 0.6) is 0 Å². The van der Waals surface area contributed by atoms with E-state index in [1.54, 1.807) is 18.2 Å². The van der Waals surface area contributed by atoms with Gasteiger partial charge in [0.15, 0.2) is 0 Å². The van der Waals surface area contributed by atoms with Crippen molar-refractivity contribution in [2.45, 2.75) is 13.0 Å². The van der Waals surface area contributed by atoms with Crippen molar-refractivity contribution in [1.82, 2.24) is 24.6 Å². The summed E-state index contributed by atoms with van der Waals surface area (Å²) in [6, 6.07) is 12.9. The van der Waals surface area contributed by atoms with Crippen LogP contribution in [-0.4, -0.2) is 45.3 Å². The lowest BCUT2D eigenvalue weighted by molar-refractivity contribution is 0.0957. The van der Waals surface area contributed by atoms with Crippen LogP contribution in [0.25, 0.3) is 22.1 Å². The summed E-state index contributed by atoms with van der Waals surface area (Å²) in [5.41, 5.74) is 4.78. The monoisotopic (exact) mass is 431 g/mol. The number of carbonyl (C=O) groups excluding carboxylic acids is 1. The molecule has 162 valence electrons. The smallest absolute Gasteiger partial charge is 0.272 e. The molecule has 32 heavy (non-hydrogen) atoms. The van der Waals surface area contributed by atoms with Gasteiger partial charge in [-0.25, -0.2) is 4.98 Å². The Kier molecular flexibility index (Phi) is 5.07. The Morgan fingerprint density at radius 2 is 2.09 bits per heavy atom. The number of pyridine rings is 1. The number of H-pyrrole nitrogens is 1. The van der Waals surface area contributed by atoms with Gasteiger partial charge in [0.2, 0.25) is 5.95 Å². The molecule has 0 saturated carbocycles. The van der Waals surface area contributed by atoms with Gasteiger partial charge in [0.1, 0.15) is 11.2 Å². The van der Waals surface area contributed by atoms with Crippen LogP contribution in [0.4, 0.5) is 4.39 Å². The number of carbonyl (C=O) groups is 1. The summed E-state index contributed by atoms with van der Waals surface area (Å²) in [6.45, 7) is 2.17. The van der Waals surface area contributed by atoms with Crippen molar-refractivity contribution >= 4 is 28.0 Å². The minimum absolute atomic E-state index is 0.0679. The second kappa shape index (κ2) is 8.05. The van der Waals surface area contributed by atoms with Crippen LogP contribution >= 0.6 is 0 Å². The molecule has 1 aliphatic heterocycles. The fraction of sp³-hybridized carbons (Fsp3) is 0.208. The van der Waals surface area contributed by atoms with Crippen LogP contribution in [0.1, 0.15) is 28.0 Å². The molecule has 0 spiro atoms. The molecule has 3 aromatic heterocycles. The van der Waals surface area contributed by atoms with Crippen molar-refractivity contribution < 1.29 is 9.18 Å². The molecule has 2 N–H and O–H groups in total. The third-order valence-electron chi connectivity index (χ3n) is 5.90. The zero-order valence-electron chi connectivity index (χ0n) is 17.6. The molecule has 1 aliphatic rings. The van der Waals surface area contributed by atoms with Crippen LogP contribution in [0.3, 0.4) is 0 Å². The number of benzene rings is 1. The maximum Gasteiger partial charge on any atom is 0.272 e. The summed E-state index contributed by atoms with van der Waals surface area (Å²) in [7, 11) is 1.49. The SMILES string of the molecule is CNC(=O)c1ccc(C2=CCN(Cc3ccc4c(c3)[nH]c(=O)c3cccn34)CC2)c(F)n1. The summed E-state index contributed by atoms with van der Waals surface area (Å²) in [5.74, 6) is -1.03. The summed E-state index contributed by atoms with van der Waals surface area (Å²) >= 11 is 0. The van der Waals surface area contributed by atoms with Gasteiger partial charge in [-0.3, -0.25) is 14.5 Å². The first-order valence-electron chi connectivity index (χ1n) is 10.5. The van der Waals surface area contributed by atoms with Gasteiger partial charge in [0.05, 0.1) is 11.0 Å². The van der Waals surface area contributed by atoms with Gasteiger partial charge in [-0.15, -0.1) is 0 Å². The first-order valence-corrected chi connectivity index (χ1v) is 10.5. The van der Waals surface area contributed by atoms with Gasteiger partial charge in [-0.05, 0) is 54.0 Å². The zero-order valence-corrected chi connectivity index (χ0v) is 17.6. The van der Waals surface area contributed by atoms with Gasteiger partial charge in [0, 0.05) is 38.4 Å². The Hall–Kier alpha value is -3.78. The highest BCUT2D eigenvalue weighted by molar-refractivity contribution is 5.92. The minimum atomic E-state index is -0.624. The predicted molar refractivity (Wildman–Crippen MR) is 121 cm³/mol. The normalized spacial score (nSPS) is 14.6. The molecular weight excluding hydrogens is 409 g/mol. The van der Waals surface area contributed by atoms with E-state index in [1.807, 2.05) is 34.9 Å². The van der Waals surface area contributed by atoms with Crippen molar-refractivity contribution in [3.05, 3.63) is 87.9 Å². The summed E-state index contributed by atoms with van der Waals surface area (Å²) in [5, 5.41) is 2.45. The number of fused-ring (bicyclic) bond motifs is 3. The molecule has 8 heteroatoms. The molecule has 0 radical (unpaired) electrons. The molecule has 0 atom stereocenters. The van der Waals surface area contributed by atoms with Gasteiger partial charge in [0.25, 0.3) is 11.5 Å². The number of aromatic nitrogens is 3. The summed E-state index contributed by atoms with van der Waals surface area (Å²) in [6.07, 6.45) is 4.58. The summed E-state index contributed by atoms with van der Waals surface area (Å²) in [4.78, 5) is 32.9. The van der Waals surface area contributed by atoms with Crippen LogP contribution in [0, 0.1) is 5.95 Å². The quantitative estimate of drug-likeness (QED) is 0.487. The van der Waals surface area contributed by atoms with Crippen molar-refractivity contribution in [3.8, 4) is 0 Å². The van der Waals surface area contributed by atoms with Crippen molar-refractivity contribution in [3.63, 3.8) is 0 Å².